The lowest BCUT2D eigenvalue weighted by atomic mass is 9.95. The number of amides is 2. The molecular formula is C16H20F2N2O2. The van der Waals surface area contributed by atoms with Gasteiger partial charge in [0.1, 0.15) is 11.6 Å². The van der Waals surface area contributed by atoms with Gasteiger partial charge in [-0.15, -0.1) is 0 Å². The summed E-state index contributed by atoms with van der Waals surface area (Å²) in [5.41, 5.74) is 0.00591. The molecule has 2 amide bonds. The Morgan fingerprint density at radius 1 is 1.18 bits per heavy atom. The van der Waals surface area contributed by atoms with Crippen molar-refractivity contribution >= 4 is 11.8 Å². The van der Waals surface area contributed by atoms with Crippen molar-refractivity contribution in [1.29, 1.82) is 0 Å². The van der Waals surface area contributed by atoms with Crippen molar-refractivity contribution in [3.63, 3.8) is 0 Å². The number of rotatable bonds is 4. The molecule has 1 aromatic rings. The van der Waals surface area contributed by atoms with E-state index in [0.717, 1.165) is 24.6 Å². The van der Waals surface area contributed by atoms with E-state index in [0.29, 0.717) is 32.5 Å². The van der Waals surface area contributed by atoms with Crippen molar-refractivity contribution in [2.45, 2.75) is 26.2 Å². The smallest absolute Gasteiger partial charge is 0.254 e. The zero-order valence-corrected chi connectivity index (χ0v) is 12.6. The SMILES string of the molecule is CCCNC(=O)C1CCN(C(=O)c2cc(F)cc(F)c2)CC1. The number of piperidine rings is 1. The number of carbonyl (C=O) groups is 2. The summed E-state index contributed by atoms with van der Waals surface area (Å²) in [7, 11) is 0. The molecule has 0 aromatic heterocycles. The predicted octanol–water partition coefficient (Wildman–Crippen LogP) is 2.34. The van der Waals surface area contributed by atoms with Gasteiger partial charge >= 0.3 is 0 Å². The third kappa shape index (κ3) is 4.02. The number of hydrogen-bond acceptors (Lipinski definition) is 2. The molecule has 0 saturated carbocycles. The van der Waals surface area contributed by atoms with Crippen LogP contribution in [-0.2, 0) is 4.79 Å². The van der Waals surface area contributed by atoms with Gasteiger partial charge in [-0.1, -0.05) is 6.92 Å². The highest BCUT2D eigenvalue weighted by molar-refractivity contribution is 5.94. The van der Waals surface area contributed by atoms with Gasteiger partial charge in [-0.25, -0.2) is 8.78 Å². The van der Waals surface area contributed by atoms with Crippen LogP contribution in [-0.4, -0.2) is 36.3 Å². The molecule has 22 heavy (non-hydrogen) atoms. The summed E-state index contributed by atoms with van der Waals surface area (Å²) in [6.45, 7) is 3.47. The van der Waals surface area contributed by atoms with Gasteiger partial charge in [0.05, 0.1) is 0 Å². The second kappa shape index (κ2) is 7.33. The molecule has 0 spiro atoms. The molecule has 0 aliphatic carbocycles. The van der Waals surface area contributed by atoms with E-state index in [9.17, 15) is 18.4 Å². The molecule has 6 heteroatoms. The molecule has 1 saturated heterocycles. The van der Waals surface area contributed by atoms with Crippen molar-refractivity contribution in [3.05, 3.63) is 35.4 Å². The van der Waals surface area contributed by atoms with Crippen molar-refractivity contribution < 1.29 is 18.4 Å². The van der Waals surface area contributed by atoms with Gasteiger partial charge in [0.25, 0.3) is 5.91 Å². The lowest BCUT2D eigenvalue weighted by Gasteiger charge is -2.31. The topological polar surface area (TPSA) is 49.4 Å². The summed E-state index contributed by atoms with van der Waals surface area (Å²) in [5, 5.41) is 2.85. The van der Waals surface area contributed by atoms with Gasteiger partial charge in [-0.3, -0.25) is 9.59 Å². The molecule has 120 valence electrons. The maximum absolute atomic E-state index is 13.2. The van der Waals surface area contributed by atoms with Crippen LogP contribution in [0.15, 0.2) is 18.2 Å². The Bertz CT molecular complexity index is 535. The average molecular weight is 310 g/mol. The number of benzene rings is 1. The first-order valence-electron chi connectivity index (χ1n) is 7.54. The van der Waals surface area contributed by atoms with Gasteiger partial charge in [0, 0.05) is 37.2 Å². The molecule has 0 radical (unpaired) electrons. The quantitative estimate of drug-likeness (QED) is 0.928. The van der Waals surface area contributed by atoms with Crippen molar-refractivity contribution in [2.75, 3.05) is 19.6 Å². The third-order valence-corrected chi connectivity index (χ3v) is 3.81. The number of hydrogen-bond donors (Lipinski definition) is 1. The van der Waals surface area contributed by atoms with Crippen LogP contribution < -0.4 is 5.32 Å². The van der Waals surface area contributed by atoms with E-state index in [2.05, 4.69) is 5.32 Å². The molecule has 0 unspecified atom stereocenters. The van der Waals surface area contributed by atoms with E-state index in [1.807, 2.05) is 6.92 Å². The van der Waals surface area contributed by atoms with Crippen LogP contribution in [0.2, 0.25) is 0 Å². The normalized spacial score (nSPS) is 15.7. The first-order chi connectivity index (χ1) is 10.5. The Hall–Kier alpha value is -1.98. The van der Waals surface area contributed by atoms with E-state index in [-0.39, 0.29) is 17.4 Å². The first-order valence-corrected chi connectivity index (χ1v) is 7.54. The maximum atomic E-state index is 13.2. The van der Waals surface area contributed by atoms with Crippen LogP contribution in [0.4, 0.5) is 8.78 Å². The molecule has 1 aliphatic heterocycles. The monoisotopic (exact) mass is 310 g/mol. The summed E-state index contributed by atoms with van der Waals surface area (Å²) in [5.74, 6) is -2.01. The molecule has 0 bridgehead atoms. The highest BCUT2D eigenvalue weighted by atomic mass is 19.1. The van der Waals surface area contributed by atoms with Crippen LogP contribution >= 0.6 is 0 Å². The van der Waals surface area contributed by atoms with Gasteiger partial charge in [0.2, 0.25) is 5.91 Å². The average Bonchev–Trinajstić information content (AvgIpc) is 2.51. The molecule has 0 atom stereocenters. The lowest BCUT2D eigenvalue weighted by molar-refractivity contribution is -0.126. The number of nitrogens with zero attached hydrogens (tertiary/aromatic N) is 1. The second-order valence-corrected chi connectivity index (χ2v) is 5.52. The summed E-state index contributed by atoms with van der Waals surface area (Å²) in [6, 6.07) is 2.80. The summed E-state index contributed by atoms with van der Waals surface area (Å²) in [6.07, 6.45) is 2.02. The van der Waals surface area contributed by atoms with Crippen molar-refractivity contribution in [2.24, 2.45) is 5.92 Å². The summed E-state index contributed by atoms with van der Waals surface area (Å²) >= 11 is 0. The Morgan fingerprint density at radius 2 is 1.77 bits per heavy atom. The highest BCUT2D eigenvalue weighted by Gasteiger charge is 2.27. The predicted molar refractivity (Wildman–Crippen MR) is 78.3 cm³/mol. The Labute approximate surface area is 128 Å². The van der Waals surface area contributed by atoms with E-state index in [1.54, 1.807) is 0 Å². The molecule has 4 nitrogen and oxygen atoms in total. The lowest BCUT2D eigenvalue weighted by Crippen LogP contribution is -2.43. The number of halogens is 2. The fraction of sp³-hybridized carbons (Fsp3) is 0.500. The zero-order chi connectivity index (χ0) is 16.1. The highest BCUT2D eigenvalue weighted by Crippen LogP contribution is 2.20. The molecular weight excluding hydrogens is 290 g/mol. The minimum Gasteiger partial charge on any atom is -0.356 e. The van der Waals surface area contributed by atoms with Crippen LogP contribution in [0.3, 0.4) is 0 Å². The largest absolute Gasteiger partial charge is 0.356 e. The standard InChI is InChI=1S/C16H20F2N2O2/c1-2-5-19-15(21)11-3-6-20(7-4-11)16(22)12-8-13(17)10-14(18)9-12/h8-11H,2-7H2,1H3,(H,19,21). The maximum Gasteiger partial charge on any atom is 0.254 e. The van der Waals surface area contributed by atoms with E-state index < -0.39 is 17.5 Å². The van der Waals surface area contributed by atoms with Crippen molar-refractivity contribution in [1.82, 2.24) is 10.2 Å². The van der Waals surface area contributed by atoms with Gasteiger partial charge < -0.3 is 10.2 Å². The molecule has 2 rings (SSSR count). The second-order valence-electron chi connectivity index (χ2n) is 5.52. The third-order valence-electron chi connectivity index (χ3n) is 3.81. The van der Waals surface area contributed by atoms with Crippen LogP contribution in [0.5, 0.6) is 0 Å². The number of nitrogens with one attached hydrogen (secondary N) is 1. The first kappa shape index (κ1) is 16.4. The summed E-state index contributed by atoms with van der Waals surface area (Å²) in [4.78, 5) is 25.7. The number of likely N-dealkylation sites (tertiary alicyclic amines) is 1. The number of carbonyl (C=O) groups excluding carboxylic acids is 2. The molecule has 1 fully saturated rings. The fourth-order valence-corrected chi connectivity index (χ4v) is 2.60. The Balaban J connectivity index is 1.93. The summed E-state index contributed by atoms with van der Waals surface area (Å²) < 4.78 is 26.4. The van der Waals surface area contributed by atoms with Crippen molar-refractivity contribution in [3.8, 4) is 0 Å². The fourth-order valence-electron chi connectivity index (χ4n) is 2.60. The van der Waals surface area contributed by atoms with E-state index in [1.165, 1.54) is 4.90 Å². The molecule has 1 N–H and O–H groups in total. The minimum absolute atomic E-state index is 0.00591. The molecule has 1 aromatic carbocycles. The van der Waals surface area contributed by atoms with E-state index in [4.69, 9.17) is 0 Å². The van der Waals surface area contributed by atoms with Gasteiger partial charge in [-0.05, 0) is 31.4 Å². The van der Waals surface area contributed by atoms with Gasteiger partial charge in [-0.2, -0.15) is 0 Å². The van der Waals surface area contributed by atoms with Crippen LogP contribution in [0.25, 0.3) is 0 Å². The zero-order valence-electron chi connectivity index (χ0n) is 12.6. The molecule has 1 heterocycles. The van der Waals surface area contributed by atoms with E-state index >= 15 is 0 Å². The Kier molecular flexibility index (Phi) is 5.46. The minimum atomic E-state index is -0.767. The van der Waals surface area contributed by atoms with Gasteiger partial charge in [0.15, 0.2) is 0 Å². The van der Waals surface area contributed by atoms with Crippen LogP contribution in [0.1, 0.15) is 36.5 Å². The van der Waals surface area contributed by atoms with Crippen LogP contribution in [0, 0.1) is 17.6 Å². The Morgan fingerprint density at radius 3 is 2.32 bits per heavy atom. The molecule has 1 aliphatic rings.